The molecule has 4 nitrogen and oxygen atoms in total. The van der Waals surface area contributed by atoms with Crippen LogP contribution in [0.4, 0.5) is 0 Å². The number of hydrogen-bond donors (Lipinski definition) is 1. The summed E-state index contributed by atoms with van der Waals surface area (Å²) in [6.07, 6.45) is 0. The van der Waals surface area contributed by atoms with Crippen molar-refractivity contribution in [1.29, 1.82) is 0 Å². The Kier molecular flexibility index (Phi) is 6.72. The maximum atomic E-state index is 11.8. The fourth-order valence-corrected chi connectivity index (χ4v) is 1.80. The van der Waals surface area contributed by atoms with Crippen LogP contribution in [-0.4, -0.2) is 49.7 Å². The van der Waals surface area contributed by atoms with Gasteiger partial charge in [0, 0.05) is 19.1 Å². The van der Waals surface area contributed by atoms with Crippen LogP contribution in [0.1, 0.15) is 34.6 Å². The standard InChI is InChI=1S/C13H28N2O2/c1-10(2)8-15(11(3)4)9-13(5,14-6)12(16)17-7/h10-11,14H,8-9H2,1-7H3. The van der Waals surface area contributed by atoms with E-state index in [2.05, 4.69) is 37.9 Å². The van der Waals surface area contributed by atoms with Gasteiger partial charge in [0.1, 0.15) is 5.54 Å². The number of nitrogens with zero attached hydrogens (tertiary/aromatic N) is 1. The first kappa shape index (κ1) is 16.4. The normalized spacial score (nSPS) is 15.4. The lowest BCUT2D eigenvalue weighted by molar-refractivity contribution is -0.148. The van der Waals surface area contributed by atoms with Crippen LogP contribution in [0.25, 0.3) is 0 Å². The highest BCUT2D eigenvalue weighted by Gasteiger charge is 2.35. The van der Waals surface area contributed by atoms with Gasteiger partial charge < -0.3 is 10.1 Å². The number of carbonyl (C=O) groups excluding carboxylic acids is 1. The number of likely N-dealkylation sites (N-methyl/N-ethyl adjacent to an activating group) is 1. The summed E-state index contributed by atoms with van der Waals surface area (Å²) in [4.78, 5) is 14.1. The molecule has 0 saturated carbocycles. The van der Waals surface area contributed by atoms with Crippen LogP contribution in [0.3, 0.4) is 0 Å². The molecular formula is C13H28N2O2. The maximum absolute atomic E-state index is 11.8. The first-order chi connectivity index (χ1) is 7.76. The van der Waals surface area contributed by atoms with E-state index in [0.717, 1.165) is 6.54 Å². The number of carbonyl (C=O) groups is 1. The summed E-state index contributed by atoms with van der Waals surface area (Å²) in [5, 5.41) is 3.07. The molecule has 0 aliphatic rings. The van der Waals surface area contributed by atoms with Crippen molar-refractivity contribution in [3.8, 4) is 0 Å². The van der Waals surface area contributed by atoms with Crippen molar-refractivity contribution in [2.75, 3.05) is 27.2 Å². The first-order valence-corrected chi connectivity index (χ1v) is 6.28. The van der Waals surface area contributed by atoms with Gasteiger partial charge in [-0.2, -0.15) is 0 Å². The molecule has 0 aromatic rings. The van der Waals surface area contributed by atoms with Crippen LogP contribution in [0.5, 0.6) is 0 Å². The topological polar surface area (TPSA) is 41.6 Å². The molecule has 1 unspecified atom stereocenters. The minimum Gasteiger partial charge on any atom is -0.468 e. The smallest absolute Gasteiger partial charge is 0.327 e. The largest absolute Gasteiger partial charge is 0.468 e. The molecule has 0 aromatic carbocycles. The van der Waals surface area contributed by atoms with E-state index < -0.39 is 5.54 Å². The highest BCUT2D eigenvalue weighted by molar-refractivity contribution is 5.80. The highest BCUT2D eigenvalue weighted by Crippen LogP contribution is 2.13. The van der Waals surface area contributed by atoms with E-state index in [0.29, 0.717) is 18.5 Å². The Morgan fingerprint density at radius 2 is 1.88 bits per heavy atom. The Balaban J connectivity index is 4.75. The Bertz CT molecular complexity index is 242. The predicted octanol–water partition coefficient (Wildman–Crippen LogP) is 1.50. The van der Waals surface area contributed by atoms with Gasteiger partial charge in [-0.05, 0) is 33.7 Å². The van der Waals surface area contributed by atoms with Crippen molar-refractivity contribution in [3.63, 3.8) is 0 Å². The molecule has 0 aliphatic carbocycles. The van der Waals surface area contributed by atoms with E-state index in [-0.39, 0.29) is 5.97 Å². The molecule has 0 aromatic heterocycles. The summed E-state index contributed by atoms with van der Waals surface area (Å²) < 4.78 is 4.86. The molecule has 0 fully saturated rings. The minimum atomic E-state index is -0.645. The monoisotopic (exact) mass is 244 g/mol. The van der Waals surface area contributed by atoms with Crippen LogP contribution in [-0.2, 0) is 9.53 Å². The first-order valence-electron chi connectivity index (χ1n) is 6.28. The number of hydrogen-bond acceptors (Lipinski definition) is 4. The fourth-order valence-electron chi connectivity index (χ4n) is 1.80. The molecule has 102 valence electrons. The van der Waals surface area contributed by atoms with Gasteiger partial charge in [0.25, 0.3) is 0 Å². The van der Waals surface area contributed by atoms with E-state index in [1.54, 1.807) is 7.05 Å². The van der Waals surface area contributed by atoms with Gasteiger partial charge in [0.15, 0.2) is 0 Å². The quantitative estimate of drug-likeness (QED) is 0.689. The summed E-state index contributed by atoms with van der Waals surface area (Å²) in [7, 11) is 3.23. The maximum Gasteiger partial charge on any atom is 0.327 e. The van der Waals surface area contributed by atoms with Gasteiger partial charge in [-0.15, -0.1) is 0 Å². The molecule has 0 saturated heterocycles. The van der Waals surface area contributed by atoms with Crippen LogP contribution in [0.15, 0.2) is 0 Å². The average molecular weight is 244 g/mol. The lowest BCUT2D eigenvalue weighted by Crippen LogP contribution is -2.57. The Morgan fingerprint density at radius 3 is 2.18 bits per heavy atom. The Morgan fingerprint density at radius 1 is 1.35 bits per heavy atom. The van der Waals surface area contributed by atoms with Crippen molar-refractivity contribution in [2.45, 2.75) is 46.2 Å². The lowest BCUT2D eigenvalue weighted by Gasteiger charge is -2.36. The number of methoxy groups -OCH3 is 1. The molecule has 1 N–H and O–H groups in total. The molecule has 0 spiro atoms. The second-order valence-corrected chi connectivity index (χ2v) is 5.49. The summed E-state index contributed by atoms with van der Waals surface area (Å²) in [5.41, 5.74) is -0.645. The van der Waals surface area contributed by atoms with Crippen LogP contribution >= 0.6 is 0 Å². The average Bonchev–Trinajstić information content (AvgIpc) is 2.26. The zero-order chi connectivity index (χ0) is 13.6. The molecule has 0 aliphatic heterocycles. The Labute approximate surface area is 106 Å². The molecule has 4 heteroatoms. The van der Waals surface area contributed by atoms with Crippen LogP contribution < -0.4 is 5.32 Å². The van der Waals surface area contributed by atoms with Crippen molar-refractivity contribution in [3.05, 3.63) is 0 Å². The van der Waals surface area contributed by atoms with E-state index in [1.165, 1.54) is 7.11 Å². The lowest BCUT2D eigenvalue weighted by atomic mass is 10.0. The molecule has 0 heterocycles. The van der Waals surface area contributed by atoms with Crippen molar-refractivity contribution in [1.82, 2.24) is 10.2 Å². The van der Waals surface area contributed by atoms with Gasteiger partial charge in [-0.25, -0.2) is 0 Å². The SMILES string of the molecule is CNC(C)(CN(CC(C)C)C(C)C)C(=O)OC. The summed E-state index contributed by atoms with van der Waals surface area (Å²) in [5.74, 6) is 0.366. The van der Waals surface area contributed by atoms with Crippen molar-refractivity contribution < 1.29 is 9.53 Å². The Hall–Kier alpha value is -0.610. The van der Waals surface area contributed by atoms with Crippen molar-refractivity contribution >= 4 is 5.97 Å². The third kappa shape index (κ3) is 5.04. The predicted molar refractivity (Wildman–Crippen MR) is 71.0 cm³/mol. The van der Waals surface area contributed by atoms with E-state index in [9.17, 15) is 4.79 Å². The molecule has 0 bridgehead atoms. The molecule has 0 rings (SSSR count). The molecule has 17 heavy (non-hydrogen) atoms. The fraction of sp³-hybridized carbons (Fsp3) is 0.923. The third-order valence-electron chi connectivity index (χ3n) is 3.04. The van der Waals surface area contributed by atoms with E-state index >= 15 is 0 Å². The van der Waals surface area contributed by atoms with Crippen LogP contribution in [0, 0.1) is 5.92 Å². The third-order valence-corrected chi connectivity index (χ3v) is 3.04. The van der Waals surface area contributed by atoms with Gasteiger partial charge in [-0.1, -0.05) is 13.8 Å². The number of nitrogens with one attached hydrogen (secondary N) is 1. The summed E-state index contributed by atoms with van der Waals surface area (Å²) in [6, 6.07) is 0.412. The number of esters is 1. The van der Waals surface area contributed by atoms with E-state index in [1.807, 2.05) is 6.92 Å². The molecule has 0 amide bonds. The zero-order valence-electron chi connectivity index (χ0n) is 12.3. The number of rotatable bonds is 7. The van der Waals surface area contributed by atoms with Crippen LogP contribution in [0.2, 0.25) is 0 Å². The van der Waals surface area contributed by atoms with E-state index in [4.69, 9.17) is 4.74 Å². The second kappa shape index (κ2) is 6.97. The second-order valence-electron chi connectivity index (χ2n) is 5.49. The van der Waals surface area contributed by atoms with Gasteiger partial charge >= 0.3 is 5.97 Å². The minimum absolute atomic E-state index is 0.214. The van der Waals surface area contributed by atoms with Gasteiger partial charge in [0.05, 0.1) is 7.11 Å². The zero-order valence-corrected chi connectivity index (χ0v) is 12.3. The van der Waals surface area contributed by atoms with Gasteiger partial charge in [-0.3, -0.25) is 9.69 Å². The summed E-state index contributed by atoms with van der Waals surface area (Å²) >= 11 is 0. The summed E-state index contributed by atoms with van der Waals surface area (Å²) in [6.45, 7) is 12.2. The van der Waals surface area contributed by atoms with Gasteiger partial charge in [0.2, 0.25) is 0 Å². The molecule has 1 atom stereocenters. The van der Waals surface area contributed by atoms with Crippen molar-refractivity contribution in [2.24, 2.45) is 5.92 Å². The molecular weight excluding hydrogens is 216 g/mol. The highest BCUT2D eigenvalue weighted by atomic mass is 16.5. The number of ether oxygens (including phenoxy) is 1. The molecule has 0 radical (unpaired) electrons.